The van der Waals surface area contributed by atoms with Crippen molar-refractivity contribution in [1.82, 2.24) is 4.57 Å². The first-order chi connectivity index (χ1) is 16.1. The van der Waals surface area contributed by atoms with Crippen molar-refractivity contribution < 1.29 is 23.7 Å². The summed E-state index contributed by atoms with van der Waals surface area (Å²) in [7, 11) is 6.22. The molecule has 0 fully saturated rings. The van der Waals surface area contributed by atoms with E-state index in [-0.39, 0.29) is 5.78 Å². The number of benzene rings is 3. The lowest BCUT2D eigenvalue weighted by molar-refractivity contribution is 0.103. The molecule has 0 saturated carbocycles. The molecular formula is C27H25NO5. The van der Waals surface area contributed by atoms with E-state index >= 15 is 0 Å². The monoisotopic (exact) mass is 443 g/mol. The van der Waals surface area contributed by atoms with Crippen molar-refractivity contribution in [2.24, 2.45) is 0 Å². The summed E-state index contributed by atoms with van der Waals surface area (Å²) >= 11 is 0. The molecule has 0 unspecified atom stereocenters. The van der Waals surface area contributed by atoms with E-state index in [2.05, 4.69) is 0 Å². The standard InChI is InChI=1S/C27H25NO5/c1-30-21-12-8-11-20(15-21)28-16-22(18-9-6-5-7-10-18)23(17-28)26(29)19-13-24(31-2)27(33-4)25(14-19)32-3/h5-17H,1-4H3. The topological polar surface area (TPSA) is 58.9 Å². The fourth-order valence-electron chi connectivity index (χ4n) is 3.77. The van der Waals surface area contributed by atoms with Crippen molar-refractivity contribution in [3.05, 3.63) is 90.3 Å². The maximum Gasteiger partial charge on any atom is 0.203 e. The van der Waals surface area contributed by atoms with Crippen molar-refractivity contribution in [3.63, 3.8) is 0 Å². The molecule has 0 aliphatic carbocycles. The molecule has 0 N–H and O–H groups in total. The minimum absolute atomic E-state index is 0.158. The first kappa shape index (κ1) is 22.0. The summed E-state index contributed by atoms with van der Waals surface area (Å²) in [5.41, 5.74) is 3.63. The van der Waals surface area contributed by atoms with Gasteiger partial charge in [-0.25, -0.2) is 0 Å². The number of ether oxygens (including phenoxy) is 4. The number of rotatable bonds is 8. The van der Waals surface area contributed by atoms with Crippen LogP contribution < -0.4 is 18.9 Å². The molecule has 4 rings (SSSR count). The van der Waals surface area contributed by atoms with E-state index in [1.54, 1.807) is 19.2 Å². The Balaban J connectivity index is 1.87. The molecule has 6 nitrogen and oxygen atoms in total. The highest BCUT2D eigenvalue weighted by molar-refractivity contribution is 6.13. The molecule has 3 aromatic carbocycles. The Labute approximate surface area is 192 Å². The average Bonchev–Trinajstić information content (AvgIpc) is 3.33. The van der Waals surface area contributed by atoms with Crippen LogP contribution in [0.5, 0.6) is 23.0 Å². The molecule has 0 bridgehead atoms. The molecule has 0 aliphatic heterocycles. The van der Waals surface area contributed by atoms with Crippen LogP contribution in [0.4, 0.5) is 0 Å². The zero-order valence-corrected chi connectivity index (χ0v) is 19.0. The van der Waals surface area contributed by atoms with E-state index in [0.29, 0.717) is 28.4 Å². The Kier molecular flexibility index (Phi) is 6.36. The maximum atomic E-state index is 13.8. The van der Waals surface area contributed by atoms with Gasteiger partial charge in [0, 0.05) is 40.8 Å². The summed E-state index contributed by atoms with van der Waals surface area (Å²) in [6, 6.07) is 20.8. The fraction of sp³-hybridized carbons (Fsp3) is 0.148. The smallest absolute Gasteiger partial charge is 0.203 e. The van der Waals surface area contributed by atoms with E-state index in [4.69, 9.17) is 18.9 Å². The summed E-state index contributed by atoms with van der Waals surface area (Å²) in [5.74, 6) is 1.87. The van der Waals surface area contributed by atoms with Crippen LogP contribution in [-0.4, -0.2) is 38.8 Å². The number of methoxy groups -OCH3 is 4. The fourth-order valence-corrected chi connectivity index (χ4v) is 3.77. The summed E-state index contributed by atoms with van der Waals surface area (Å²) in [5, 5.41) is 0. The van der Waals surface area contributed by atoms with Gasteiger partial charge in [0.1, 0.15) is 5.75 Å². The Morgan fingerprint density at radius 2 is 1.42 bits per heavy atom. The number of nitrogens with zero attached hydrogens (tertiary/aromatic N) is 1. The van der Waals surface area contributed by atoms with Gasteiger partial charge >= 0.3 is 0 Å². The minimum Gasteiger partial charge on any atom is -0.497 e. The predicted molar refractivity (Wildman–Crippen MR) is 127 cm³/mol. The highest BCUT2D eigenvalue weighted by atomic mass is 16.5. The molecule has 33 heavy (non-hydrogen) atoms. The SMILES string of the molecule is COc1cccc(-n2cc(C(=O)c3cc(OC)c(OC)c(OC)c3)c(-c3ccccc3)c2)c1. The quantitative estimate of drug-likeness (QED) is 0.341. The number of hydrogen-bond acceptors (Lipinski definition) is 5. The third-order valence-corrected chi connectivity index (χ3v) is 5.43. The van der Waals surface area contributed by atoms with Gasteiger partial charge < -0.3 is 23.5 Å². The van der Waals surface area contributed by atoms with E-state index in [1.807, 2.05) is 71.6 Å². The van der Waals surface area contributed by atoms with Crippen LogP contribution >= 0.6 is 0 Å². The van der Waals surface area contributed by atoms with Crippen molar-refractivity contribution >= 4 is 5.78 Å². The van der Waals surface area contributed by atoms with Gasteiger partial charge in [0.2, 0.25) is 5.75 Å². The summed E-state index contributed by atoms with van der Waals surface area (Å²) < 4.78 is 23.6. The molecule has 0 saturated heterocycles. The number of aromatic nitrogens is 1. The lowest BCUT2D eigenvalue weighted by Crippen LogP contribution is -2.04. The van der Waals surface area contributed by atoms with Gasteiger partial charge in [-0.15, -0.1) is 0 Å². The molecule has 1 heterocycles. The van der Waals surface area contributed by atoms with Gasteiger partial charge in [-0.3, -0.25) is 4.79 Å². The first-order valence-corrected chi connectivity index (χ1v) is 10.4. The molecule has 0 radical (unpaired) electrons. The van der Waals surface area contributed by atoms with Gasteiger partial charge in [0.25, 0.3) is 0 Å². The maximum absolute atomic E-state index is 13.8. The molecule has 0 spiro atoms. The van der Waals surface area contributed by atoms with Crippen molar-refractivity contribution in [1.29, 1.82) is 0 Å². The van der Waals surface area contributed by atoms with Gasteiger partial charge in [-0.2, -0.15) is 0 Å². The van der Waals surface area contributed by atoms with Crippen LogP contribution in [0.1, 0.15) is 15.9 Å². The zero-order valence-electron chi connectivity index (χ0n) is 19.0. The molecule has 0 atom stereocenters. The average molecular weight is 443 g/mol. The third kappa shape index (κ3) is 4.28. The second-order valence-electron chi connectivity index (χ2n) is 7.30. The highest BCUT2D eigenvalue weighted by Gasteiger charge is 2.22. The first-order valence-electron chi connectivity index (χ1n) is 10.4. The van der Waals surface area contributed by atoms with E-state index in [9.17, 15) is 4.79 Å². The Bertz CT molecular complexity index is 1250. The summed E-state index contributed by atoms with van der Waals surface area (Å²) in [6.07, 6.45) is 3.79. The largest absolute Gasteiger partial charge is 0.497 e. The van der Waals surface area contributed by atoms with Crippen LogP contribution in [0, 0.1) is 0 Å². The van der Waals surface area contributed by atoms with E-state index in [1.165, 1.54) is 21.3 Å². The second-order valence-corrected chi connectivity index (χ2v) is 7.30. The number of carbonyl (C=O) groups is 1. The Hall–Kier alpha value is -4.19. The Morgan fingerprint density at radius 3 is 2.03 bits per heavy atom. The van der Waals surface area contributed by atoms with Crippen molar-refractivity contribution in [2.75, 3.05) is 28.4 Å². The van der Waals surface area contributed by atoms with Gasteiger partial charge in [-0.1, -0.05) is 36.4 Å². The minimum atomic E-state index is -0.158. The molecule has 6 heteroatoms. The van der Waals surface area contributed by atoms with Gasteiger partial charge in [0.15, 0.2) is 17.3 Å². The highest BCUT2D eigenvalue weighted by Crippen LogP contribution is 2.39. The van der Waals surface area contributed by atoms with Crippen LogP contribution in [0.25, 0.3) is 16.8 Å². The second kappa shape index (κ2) is 9.53. The molecule has 4 aromatic rings. The van der Waals surface area contributed by atoms with Crippen LogP contribution in [0.3, 0.4) is 0 Å². The molecule has 0 aliphatic rings. The lowest BCUT2D eigenvalue weighted by atomic mass is 9.97. The zero-order chi connectivity index (χ0) is 23.4. The van der Waals surface area contributed by atoms with Gasteiger partial charge in [-0.05, 0) is 29.8 Å². The van der Waals surface area contributed by atoms with Crippen LogP contribution in [0.2, 0.25) is 0 Å². The molecule has 0 amide bonds. The van der Waals surface area contributed by atoms with Crippen LogP contribution in [-0.2, 0) is 0 Å². The number of hydrogen-bond donors (Lipinski definition) is 0. The van der Waals surface area contributed by atoms with Crippen molar-refractivity contribution in [2.45, 2.75) is 0 Å². The molecular weight excluding hydrogens is 418 g/mol. The number of carbonyl (C=O) groups excluding carboxylic acids is 1. The lowest BCUT2D eigenvalue weighted by Gasteiger charge is -2.14. The normalized spacial score (nSPS) is 10.5. The van der Waals surface area contributed by atoms with E-state index in [0.717, 1.165) is 22.6 Å². The summed E-state index contributed by atoms with van der Waals surface area (Å²) in [4.78, 5) is 13.8. The molecule has 1 aromatic heterocycles. The van der Waals surface area contributed by atoms with Crippen molar-refractivity contribution in [3.8, 4) is 39.8 Å². The third-order valence-electron chi connectivity index (χ3n) is 5.43. The predicted octanol–water partition coefficient (Wildman–Crippen LogP) is 5.41. The Morgan fingerprint density at radius 1 is 0.727 bits per heavy atom. The van der Waals surface area contributed by atoms with E-state index < -0.39 is 0 Å². The van der Waals surface area contributed by atoms with Crippen LogP contribution in [0.15, 0.2) is 79.1 Å². The number of ketones is 1. The summed E-state index contributed by atoms with van der Waals surface area (Å²) in [6.45, 7) is 0. The molecule has 168 valence electrons. The van der Waals surface area contributed by atoms with Gasteiger partial charge in [0.05, 0.1) is 28.4 Å².